The van der Waals surface area contributed by atoms with E-state index in [1.165, 1.54) is 57.1 Å². The summed E-state index contributed by atoms with van der Waals surface area (Å²) in [4.78, 5) is 12.5. The minimum absolute atomic E-state index is 0.0893. The summed E-state index contributed by atoms with van der Waals surface area (Å²) in [5.41, 5.74) is -0.135. The Balaban J connectivity index is 1.43. The lowest BCUT2D eigenvalue weighted by molar-refractivity contribution is -0.200. The normalized spacial score (nSPS) is 48.0. The Kier molecular flexibility index (Phi) is 3.68. The third kappa shape index (κ3) is 2.60. The summed E-state index contributed by atoms with van der Waals surface area (Å²) in [7, 11) is 0.198. The van der Waals surface area contributed by atoms with Gasteiger partial charge in [-0.05, 0) is 87.7 Å². The molecule has 0 saturated heterocycles. The lowest BCUT2D eigenvalue weighted by atomic mass is 9.50. The van der Waals surface area contributed by atoms with E-state index in [1.54, 1.807) is 0 Å². The van der Waals surface area contributed by atoms with Crippen LogP contribution in [0.2, 0.25) is 0 Å². The van der Waals surface area contributed by atoms with Crippen LogP contribution in [0.1, 0.15) is 58.3 Å². The second-order valence-corrected chi connectivity index (χ2v) is 10.1. The number of carbonyl (C=O) groups excluding carboxylic acids is 1. The second kappa shape index (κ2) is 5.40. The predicted octanol–water partition coefficient (Wildman–Crippen LogP) is 4.00. The highest BCUT2D eigenvalue weighted by atomic mass is 32.2. The van der Waals surface area contributed by atoms with E-state index in [-0.39, 0.29) is 22.1 Å². The summed E-state index contributed by atoms with van der Waals surface area (Å²) in [6, 6.07) is 0. The monoisotopic (exact) mass is 308 g/mol. The molecule has 0 aromatic carbocycles. The van der Waals surface area contributed by atoms with Gasteiger partial charge in [0.15, 0.2) is 0 Å². The molecular formula is C18H28O2S. The van der Waals surface area contributed by atoms with Gasteiger partial charge in [0.25, 0.3) is 0 Å². The van der Waals surface area contributed by atoms with Crippen LogP contribution in [0.15, 0.2) is 0 Å². The van der Waals surface area contributed by atoms with Gasteiger partial charge in [-0.1, -0.05) is 5.37 Å². The summed E-state index contributed by atoms with van der Waals surface area (Å²) in [5, 5.41) is 2.38. The van der Waals surface area contributed by atoms with Gasteiger partial charge in [0.05, 0.1) is 5.75 Å². The van der Waals surface area contributed by atoms with Crippen LogP contribution in [-0.4, -0.2) is 28.4 Å². The van der Waals surface area contributed by atoms with E-state index in [0.717, 1.165) is 11.8 Å². The van der Waals surface area contributed by atoms with E-state index in [1.807, 2.05) is 0 Å². The summed E-state index contributed by atoms with van der Waals surface area (Å²) in [5.74, 6) is 5.13. The topological polar surface area (TPSA) is 26.3 Å². The Labute approximate surface area is 130 Å². The molecule has 4 fully saturated rings. The number of ether oxygens (including phenoxy) is 1. The fourth-order valence-corrected chi connectivity index (χ4v) is 7.47. The highest BCUT2D eigenvalue weighted by molar-refractivity contribution is 8.15. The minimum Gasteiger partial charge on any atom is -0.458 e. The van der Waals surface area contributed by atoms with Crippen LogP contribution in [0.3, 0.4) is 0 Å². The lowest BCUT2D eigenvalue weighted by Crippen LogP contribution is -2.58. The zero-order valence-corrected chi connectivity index (χ0v) is 14.0. The maximum Gasteiger partial charge on any atom is 0.315 e. The lowest BCUT2D eigenvalue weighted by Gasteiger charge is -2.59. The molecule has 0 N–H and O–H groups in total. The van der Waals surface area contributed by atoms with Crippen LogP contribution >= 0.6 is 10.5 Å². The minimum atomic E-state index is -0.135. The van der Waals surface area contributed by atoms with Crippen molar-refractivity contribution in [2.45, 2.75) is 63.9 Å². The smallest absolute Gasteiger partial charge is 0.315 e. The molecule has 1 atom stereocenters. The SMILES string of the molecule is CC1(OC(=O)CS2=CCCCC2)C2CC3CC(C2)CC1C3. The third-order valence-electron chi connectivity index (χ3n) is 6.61. The van der Waals surface area contributed by atoms with Crippen molar-refractivity contribution in [2.75, 3.05) is 11.5 Å². The van der Waals surface area contributed by atoms with Gasteiger partial charge in [-0.25, -0.2) is 0 Å². The fraction of sp³-hybridized carbons (Fsp3) is 0.889. The molecule has 4 bridgehead atoms. The van der Waals surface area contributed by atoms with Gasteiger partial charge in [0.2, 0.25) is 0 Å². The van der Waals surface area contributed by atoms with Crippen molar-refractivity contribution in [3.63, 3.8) is 0 Å². The third-order valence-corrected chi connectivity index (χ3v) is 8.74. The van der Waals surface area contributed by atoms with Crippen molar-refractivity contribution in [2.24, 2.45) is 23.7 Å². The van der Waals surface area contributed by atoms with Crippen LogP contribution in [-0.2, 0) is 9.53 Å². The van der Waals surface area contributed by atoms with Crippen molar-refractivity contribution in [3.8, 4) is 0 Å². The molecule has 0 amide bonds. The highest BCUT2D eigenvalue weighted by Gasteiger charge is 2.56. The first-order chi connectivity index (χ1) is 10.1. The molecule has 5 rings (SSSR count). The van der Waals surface area contributed by atoms with Crippen LogP contribution in [0, 0.1) is 23.7 Å². The molecule has 0 radical (unpaired) electrons. The summed E-state index contributed by atoms with van der Waals surface area (Å²) in [6.07, 6.45) is 10.5. The Morgan fingerprint density at radius 1 is 1.14 bits per heavy atom. The highest BCUT2D eigenvalue weighted by Crippen LogP contribution is 2.59. The molecule has 3 heteroatoms. The van der Waals surface area contributed by atoms with Gasteiger partial charge in [0, 0.05) is 0 Å². The maximum atomic E-state index is 12.5. The first-order valence-electron chi connectivity index (χ1n) is 8.85. The first-order valence-corrected chi connectivity index (χ1v) is 10.5. The van der Waals surface area contributed by atoms with Gasteiger partial charge < -0.3 is 4.74 Å². The van der Waals surface area contributed by atoms with E-state index in [0.29, 0.717) is 17.6 Å². The molecular weight excluding hydrogens is 280 g/mol. The van der Waals surface area contributed by atoms with Crippen LogP contribution < -0.4 is 0 Å². The van der Waals surface area contributed by atoms with Crippen LogP contribution in [0.5, 0.6) is 0 Å². The molecule has 0 spiro atoms. The molecule has 4 aliphatic carbocycles. The van der Waals surface area contributed by atoms with E-state index in [9.17, 15) is 4.79 Å². The van der Waals surface area contributed by atoms with Gasteiger partial charge >= 0.3 is 5.97 Å². The molecule has 1 heterocycles. The fourth-order valence-electron chi connectivity index (χ4n) is 5.61. The summed E-state index contributed by atoms with van der Waals surface area (Å²) >= 11 is 0. The molecule has 21 heavy (non-hydrogen) atoms. The van der Waals surface area contributed by atoms with Gasteiger partial charge in [-0.3, -0.25) is 4.79 Å². The largest absolute Gasteiger partial charge is 0.458 e. The molecule has 1 aliphatic heterocycles. The average molecular weight is 308 g/mol. The van der Waals surface area contributed by atoms with Crippen molar-refractivity contribution >= 4 is 21.8 Å². The van der Waals surface area contributed by atoms with Gasteiger partial charge in [0.1, 0.15) is 5.60 Å². The van der Waals surface area contributed by atoms with E-state index in [2.05, 4.69) is 12.3 Å². The number of rotatable bonds is 3. The molecule has 0 aromatic heterocycles. The predicted molar refractivity (Wildman–Crippen MR) is 88.8 cm³/mol. The van der Waals surface area contributed by atoms with E-state index < -0.39 is 0 Å². The van der Waals surface area contributed by atoms with Crippen molar-refractivity contribution in [1.82, 2.24) is 0 Å². The number of carbonyl (C=O) groups is 1. The standard InChI is InChI=1S/C18H28O2S/c1-18(20-17(19)12-21-5-3-2-4-6-21)15-8-13-7-14(10-15)11-16(18)9-13/h5,13-16H,2-4,6-12H2,1H3. The molecule has 1 unspecified atom stereocenters. The molecule has 4 saturated carbocycles. The Morgan fingerprint density at radius 2 is 1.81 bits per heavy atom. The van der Waals surface area contributed by atoms with E-state index in [4.69, 9.17) is 4.74 Å². The summed E-state index contributed by atoms with van der Waals surface area (Å²) in [6.45, 7) is 2.26. The molecule has 5 aliphatic rings. The quantitative estimate of drug-likeness (QED) is 0.582. The number of esters is 1. The number of hydrogen-bond acceptors (Lipinski definition) is 2. The Morgan fingerprint density at radius 3 is 2.38 bits per heavy atom. The molecule has 118 valence electrons. The average Bonchev–Trinajstić information content (AvgIpc) is 2.45. The zero-order chi connectivity index (χ0) is 14.4. The van der Waals surface area contributed by atoms with Gasteiger partial charge in [-0.2, -0.15) is 10.5 Å². The Bertz CT molecular complexity index is 440. The van der Waals surface area contributed by atoms with Crippen molar-refractivity contribution in [1.29, 1.82) is 0 Å². The summed E-state index contributed by atoms with van der Waals surface area (Å²) < 4.78 is 6.17. The number of hydrogen-bond donors (Lipinski definition) is 0. The Hall–Kier alpha value is -0.310. The molecule has 0 aromatic rings. The first kappa shape index (κ1) is 14.3. The molecule has 2 nitrogen and oxygen atoms in total. The maximum absolute atomic E-state index is 12.5. The van der Waals surface area contributed by atoms with Crippen molar-refractivity contribution in [3.05, 3.63) is 0 Å². The van der Waals surface area contributed by atoms with Crippen LogP contribution in [0.25, 0.3) is 0 Å². The van der Waals surface area contributed by atoms with Crippen molar-refractivity contribution < 1.29 is 9.53 Å². The zero-order valence-electron chi connectivity index (χ0n) is 13.2. The second-order valence-electron chi connectivity index (χ2n) is 8.01. The van der Waals surface area contributed by atoms with Crippen LogP contribution in [0.4, 0.5) is 0 Å². The van der Waals surface area contributed by atoms with E-state index >= 15 is 0 Å². The van der Waals surface area contributed by atoms with Gasteiger partial charge in [-0.15, -0.1) is 0 Å².